The van der Waals surface area contributed by atoms with Crippen LogP contribution < -0.4 is 10.2 Å². The van der Waals surface area contributed by atoms with Gasteiger partial charge in [-0.1, -0.05) is 0 Å². The van der Waals surface area contributed by atoms with Crippen molar-refractivity contribution < 1.29 is 13.6 Å². The molecule has 2 N–H and O–H groups in total. The molecule has 1 aliphatic rings. The molecule has 3 heterocycles. The number of hydrogen-bond donors (Lipinski definition) is 2. The Morgan fingerprint density at radius 3 is 2.93 bits per heavy atom. The Balaban J connectivity index is 1.66. The molecule has 27 heavy (non-hydrogen) atoms. The zero-order valence-electron chi connectivity index (χ0n) is 14.7. The van der Waals surface area contributed by atoms with E-state index in [-0.39, 0.29) is 11.8 Å². The quantitative estimate of drug-likeness (QED) is 0.738. The van der Waals surface area contributed by atoms with Crippen LogP contribution in [0, 0.1) is 11.6 Å². The van der Waals surface area contributed by atoms with Crippen LogP contribution in [-0.2, 0) is 4.79 Å². The van der Waals surface area contributed by atoms with E-state index in [4.69, 9.17) is 0 Å². The second kappa shape index (κ2) is 6.90. The first-order valence-corrected chi connectivity index (χ1v) is 8.68. The number of hydrogen-bond acceptors (Lipinski definition) is 5. The van der Waals surface area contributed by atoms with Crippen molar-refractivity contribution in [3.8, 4) is 0 Å². The lowest BCUT2D eigenvalue weighted by molar-refractivity contribution is -0.114. The summed E-state index contributed by atoms with van der Waals surface area (Å²) in [5, 5.41) is 10.3. The van der Waals surface area contributed by atoms with Crippen LogP contribution in [0.25, 0.3) is 10.9 Å². The number of carbonyl (C=O) groups excluding carboxylic acids is 1. The molecule has 0 bridgehead atoms. The molecule has 1 aliphatic heterocycles. The van der Waals surface area contributed by atoms with Crippen LogP contribution in [0.2, 0.25) is 0 Å². The van der Waals surface area contributed by atoms with E-state index in [1.165, 1.54) is 13.3 Å². The predicted octanol–water partition coefficient (Wildman–Crippen LogP) is 2.97. The number of nitrogens with one attached hydrogen (secondary N) is 2. The number of halogens is 2. The highest BCUT2D eigenvalue weighted by atomic mass is 19.2. The van der Waals surface area contributed by atoms with E-state index in [0.29, 0.717) is 29.0 Å². The lowest BCUT2D eigenvalue weighted by Crippen LogP contribution is -2.35. The summed E-state index contributed by atoms with van der Waals surface area (Å²) < 4.78 is 27.3. The van der Waals surface area contributed by atoms with Gasteiger partial charge >= 0.3 is 0 Å². The van der Waals surface area contributed by atoms with Gasteiger partial charge in [-0.15, -0.1) is 0 Å². The third-order valence-corrected chi connectivity index (χ3v) is 4.77. The number of H-pyrrole nitrogens is 1. The molecule has 0 aliphatic carbocycles. The van der Waals surface area contributed by atoms with Gasteiger partial charge in [-0.25, -0.2) is 18.7 Å². The topological polar surface area (TPSA) is 86.8 Å². The number of anilines is 2. The molecular weight excluding hydrogens is 354 g/mol. The number of amides is 1. The van der Waals surface area contributed by atoms with Crippen molar-refractivity contribution in [3.63, 3.8) is 0 Å². The maximum atomic E-state index is 13.8. The fourth-order valence-corrected chi connectivity index (χ4v) is 3.59. The van der Waals surface area contributed by atoms with Gasteiger partial charge in [0, 0.05) is 37.4 Å². The Labute approximate surface area is 153 Å². The van der Waals surface area contributed by atoms with Crippen LogP contribution in [0.15, 0.2) is 24.7 Å². The first kappa shape index (κ1) is 17.3. The van der Waals surface area contributed by atoms with E-state index in [0.717, 1.165) is 37.2 Å². The van der Waals surface area contributed by atoms with Gasteiger partial charge in [0.05, 0.1) is 23.1 Å². The minimum absolute atomic E-state index is 0.0958. The fourth-order valence-electron chi connectivity index (χ4n) is 3.59. The van der Waals surface area contributed by atoms with Crippen LogP contribution in [0.3, 0.4) is 0 Å². The molecule has 9 heteroatoms. The van der Waals surface area contributed by atoms with Crippen molar-refractivity contribution in [3.05, 3.63) is 42.0 Å². The smallest absolute Gasteiger partial charge is 0.221 e. The number of benzene rings is 1. The average molecular weight is 372 g/mol. The molecule has 1 aromatic carbocycles. The maximum absolute atomic E-state index is 13.8. The number of nitrogens with zero attached hydrogens (tertiary/aromatic N) is 4. The SMILES string of the molecule is CC(=O)Nc1cn[nH]c1C1CCCN(c2ncnc3cc(F)c(F)cc23)C1. The van der Waals surface area contributed by atoms with Gasteiger partial charge in [0.2, 0.25) is 5.91 Å². The number of piperidine rings is 1. The van der Waals surface area contributed by atoms with Crippen molar-refractivity contribution in [1.82, 2.24) is 20.2 Å². The Hall–Kier alpha value is -3.10. The van der Waals surface area contributed by atoms with E-state index in [9.17, 15) is 13.6 Å². The van der Waals surface area contributed by atoms with Gasteiger partial charge in [0.15, 0.2) is 11.6 Å². The molecule has 2 aromatic heterocycles. The fraction of sp³-hybridized carbons (Fsp3) is 0.333. The van der Waals surface area contributed by atoms with Gasteiger partial charge in [0.25, 0.3) is 0 Å². The monoisotopic (exact) mass is 372 g/mol. The van der Waals surface area contributed by atoms with Crippen LogP contribution >= 0.6 is 0 Å². The molecule has 1 fully saturated rings. The van der Waals surface area contributed by atoms with E-state index in [1.54, 1.807) is 6.20 Å². The van der Waals surface area contributed by atoms with E-state index in [1.807, 2.05) is 4.90 Å². The molecule has 7 nitrogen and oxygen atoms in total. The van der Waals surface area contributed by atoms with Crippen molar-refractivity contribution in [2.75, 3.05) is 23.3 Å². The van der Waals surface area contributed by atoms with Crippen LogP contribution in [0.1, 0.15) is 31.4 Å². The highest BCUT2D eigenvalue weighted by Crippen LogP contribution is 2.34. The number of aromatic nitrogens is 4. The number of carbonyl (C=O) groups is 1. The Morgan fingerprint density at radius 1 is 1.30 bits per heavy atom. The zero-order chi connectivity index (χ0) is 19.0. The standard InChI is InChI=1S/C18H18F2N6O/c1-10(27)24-16-7-23-25-17(16)11-3-2-4-26(8-11)18-12-5-13(19)14(20)6-15(12)21-9-22-18/h5-7,9,11H,2-4,8H2,1H3,(H,23,25)(H,24,27). The highest BCUT2D eigenvalue weighted by molar-refractivity contribution is 5.90. The Morgan fingerprint density at radius 2 is 2.11 bits per heavy atom. The van der Waals surface area contributed by atoms with E-state index < -0.39 is 11.6 Å². The van der Waals surface area contributed by atoms with Crippen LogP contribution in [-0.4, -0.2) is 39.2 Å². The van der Waals surface area contributed by atoms with Gasteiger partial charge in [-0.05, 0) is 18.9 Å². The summed E-state index contributed by atoms with van der Waals surface area (Å²) in [5.41, 5.74) is 1.88. The molecule has 3 aromatic rings. The van der Waals surface area contributed by atoms with E-state index >= 15 is 0 Å². The molecule has 0 saturated carbocycles. The largest absolute Gasteiger partial charge is 0.355 e. The Kier molecular flexibility index (Phi) is 4.43. The second-order valence-corrected chi connectivity index (χ2v) is 6.64. The van der Waals surface area contributed by atoms with Gasteiger partial charge in [-0.2, -0.15) is 5.10 Å². The van der Waals surface area contributed by atoms with E-state index in [2.05, 4.69) is 25.5 Å². The van der Waals surface area contributed by atoms with Gasteiger partial charge < -0.3 is 10.2 Å². The number of rotatable bonds is 3. The normalized spacial score (nSPS) is 17.3. The zero-order valence-corrected chi connectivity index (χ0v) is 14.7. The summed E-state index contributed by atoms with van der Waals surface area (Å²) in [6.07, 6.45) is 4.75. The molecular formula is C18H18F2N6O. The van der Waals surface area contributed by atoms with Crippen molar-refractivity contribution in [2.45, 2.75) is 25.7 Å². The molecule has 140 valence electrons. The van der Waals surface area contributed by atoms with Gasteiger partial charge in [0.1, 0.15) is 12.1 Å². The average Bonchev–Trinajstić information content (AvgIpc) is 3.10. The molecule has 0 radical (unpaired) electrons. The second-order valence-electron chi connectivity index (χ2n) is 6.64. The third kappa shape index (κ3) is 3.32. The molecule has 1 unspecified atom stereocenters. The first-order valence-electron chi connectivity index (χ1n) is 8.68. The highest BCUT2D eigenvalue weighted by Gasteiger charge is 2.27. The summed E-state index contributed by atoms with van der Waals surface area (Å²) in [5.74, 6) is -1.35. The van der Waals surface area contributed by atoms with Crippen LogP contribution in [0.5, 0.6) is 0 Å². The van der Waals surface area contributed by atoms with Crippen molar-refractivity contribution >= 4 is 28.3 Å². The molecule has 4 rings (SSSR count). The Bertz CT molecular complexity index is 1000. The summed E-state index contributed by atoms with van der Waals surface area (Å²) in [4.78, 5) is 21.8. The summed E-state index contributed by atoms with van der Waals surface area (Å²) in [7, 11) is 0. The van der Waals surface area contributed by atoms with Crippen LogP contribution in [0.4, 0.5) is 20.3 Å². The summed E-state index contributed by atoms with van der Waals surface area (Å²) >= 11 is 0. The predicted molar refractivity (Wildman–Crippen MR) is 96.5 cm³/mol. The summed E-state index contributed by atoms with van der Waals surface area (Å²) in [6, 6.07) is 2.23. The lowest BCUT2D eigenvalue weighted by atomic mass is 9.93. The van der Waals surface area contributed by atoms with Gasteiger partial charge in [-0.3, -0.25) is 9.89 Å². The molecule has 1 amide bonds. The summed E-state index contributed by atoms with van der Waals surface area (Å²) in [6.45, 7) is 2.80. The molecule has 1 atom stereocenters. The third-order valence-electron chi connectivity index (χ3n) is 4.77. The minimum Gasteiger partial charge on any atom is -0.355 e. The number of fused-ring (bicyclic) bond motifs is 1. The van der Waals surface area contributed by atoms with Crippen molar-refractivity contribution in [2.24, 2.45) is 0 Å². The molecule has 0 spiro atoms. The maximum Gasteiger partial charge on any atom is 0.221 e. The number of aromatic amines is 1. The first-order chi connectivity index (χ1) is 13.0. The minimum atomic E-state index is -0.930. The van der Waals surface area contributed by atoms with Crippen molar-refractivity contribution in [1.29, 1.82) is 0 Å². The lowest BCUT2D eigenvalue weighted by Gasteiger charge is -2.34. The molecule has 1 saturated heterocycles.